The molecule has 9 aromatic rings. The molecule has 8 heterocycles. The average molecular weight is 1240 g/mol. The largest absolute Gasteiger partial charge is 0.348 e. The lowest BCUT2D eigenvalue weighted by atomic mass is 10.1. The third kappa shape index (κ3) is 36.1. The Kier molecular flexibility index (Phi) is 40.6. The van der Waals surface area contributed by atoms with E-state index < -0.39 is 0 Å². The highest BCUT2D eigenvalue weighted by atomic mass is 15.3. The molecular weight excluding hydrogens is 1110 g/mol. The van der Waals surface area contributed by atoms with E-state index in [9.17, 15) is 0 Å². The van der Waals surface area contributed by atoms with Crippen molar-refractivity contribution in [3.05, 3.63) is 153 Å². The normalized spacial score (nSPS) is 11.0. The van der Waals surface area contributed by atoms with Gasteiger partial charge in [-0.15, -0.1) is 0 Å². The lowest BCUT2D eigenvalue weighted by molar-refractivity contribution is 0.480. The van der Waals surface area contributed by atoms with Crippen LogP contribution in [0.3, 0.4) is 0 Å². The maximum Gasteiger partial charge on any atom is 0.137 e. The highest BCUT2D eigenvalue weighted by Crippen LogP contribution is 2.15. The molecule has 0 saturated carbocycles. The second-order valence-corrected chi connectivity index (χ2v) is 27.1. The second-order valence-electron chi connectivity index (χ2n) is 27.1. The Morgan fingerprint density at radius 3 is 1.51 bits per heavy atom. The van der Waals surface area contributed by atoms with Gasteiger partial charge in [-0.1, -0.05) is 130 Å². The SMILES string of the molecule is CC(C)CCc1cnc[nH]1.CC(C)CCn1cccn1.CC(C)CCn1cnc2ccccc21.CC(C)CCn1cncn1.CC(C)Cc1nccn1C(C)C.CCCn1ccnc1CC(C)C.CCn1ccnc1CC(C)C.Cc1ccnn1CCC(C)C. The molecule has 0 spiro atoms. The quantitative estimate of drug-likeness (QED) is 0.0586. The van der Waals surface area contributed by atoms with E-state index in [1.54, 1.807) is 19.0 Å². The van der Waals surface area contributed by atoms with Gasteiger partial charge >= 0.3 is 0 Å². The summed E-state index contributed by atoms with van der Waals surface area (Å²) in [5, 5.41) is 12.3. The zero-order valence-corrected chi connectivity index (χ0v) is 60.2. The van der Waals surface area contributed by atoms with Crippen molar-refractivity contribution in [1.82, 2.24) is 82.5 Å². The summed E-state index contributed by atoms with van der Waals surface area (Å²) in [5.74, 6) is 9.52. The van der Waals surface area contributed by atoms with Crippen molar-refractivity contribution >= 4 is 11.0 Å². The number of para-hydroxylation sites is 2. The van der Waals surface area contributed by atoms with Gasteiger partial charge in [-0.3, -0.25) is 14.0 Å². The minimum atomic E-state index is 0.529. The first kappa shape index (κ1) is 79.2. The summed E-state index contributed by atoms with van der Waals surface area (Å²) in [6, 6.07) is 12.8. The average Bonchev–Trinajstić information content (AvgIpc) is 2.93. The number of rotatable bonds is 25. The molecule has 90 heavy (non-hydrogen) atoms. The molecule has 0 aliphatic carbocycles. The van der Waals surface area contributed by atoms with Crippen molar-refractivity contribution in [1.29, 1.82) is 0 Å². The predicted molar refractivity (Wildman–Crippen MR) is 377 cm³/mol. The van der Waals surface area contributed by atoms with E-state index in [2.05, 4.69) is 249 Å². The van der Waals surface area contributed by atoms with E-state index in [1.807, 2.05) is 83.5 Å². The van der Waals surface area contributed by atoms with Gasteiger partial charge in [-0.2, -0.15) is 15.3 Å². The highest BCUT2D eigenvalue weighted by Gasteiger charge is 2.08. The van der Waals surface area contributed by atoms with Crippen LogP contribution in [0.15, 0.2) is 124 Å². The van der Waals surface area contributed by atoms with Gasteiger partial charge in [0.15, 0.2) is 0 Å². The Hall–Kier alpha value is -6.91. The number of nitrogens with one attached hydrogen (secondary N) is 1. The van der Waals surface area contributed by atoms with Crippen LogP contribution in [0.1, 0.15) is 212 Å². The predicted octanol–water partition coefficient (Wildman–Crippen LogP) is 17.8. The van der Waals surface area contributed by atoms with Gasteiger partial charge in [-0.05, 0) is 144 Å². The number of aromatic amines is 1. The van der Waals surface area contributed by atoms with Crippen LogP contribution in [0.25, 0.3) is 11.0 Å². The summed E-state index contributed by atoms with van der Waals surface area (Å²) in [4.78, 5) is 28.2. The number of hydrogen-bond acceptors (Lipinski definition) is 9. The van der Waals surface area contributed by atoms with Crippen molar-refractivity contribution in [3.8, 4) is 0 Å². The van der Waals surface area contributed by atoms with Gasteiger partial charge in [-0.25, -0.2) is 29.9 Å². The third-order valence-corrected chi connectivity index (χ3v) is 14.3. The molecule has 1 aromatic carbocycles. The first-order chi connectivity index (χ1) is 42.9. The van der Waals surface area contributed by atoms with Crippen LogP contribution in [-0.2, 0) is 65.0 Å². The maximum absolute atomic E-state index is 4.36. The van der Waals surface area contributed by atoms with Gasteiger partial charge in [0.05, 0.1) is 23.7 Å². The molecule has 0 bridgehead atoms. The number of benzene rings is 1. The lowest BCUT2D eigenvalue weighted by Gasteiger charge is -2.12. The minimum Gasteiger partial charge on any atom is -0.348 e. The standard InChI is InChI=1S/C12H16N2.2C10H18N2.2C9H16N2.2C8H14N2.C7H13N3/c1-10(2)7-8-14-9-13-11-5-3-4-6-12(11)14;1-8(2)7-10-11-5-6-12(10)9(3)4;1-4-6-12-7-5-11-10(12)8-9(2)3;1-8(2)5-7-11-9(3)4-6-10-11;1-4-11-6-5-10-9(11)7-8(2)3;1-8(2)4-7-10-6-3-5-9-10;1-7(2)3-4-8-5-9-6-10-8;1-7(2)3-4-10-6-8-5-9-10/h3-6,9-10H,7-8H2,1-2H3;5-6,8-9H,7H2,1-4H3;5,7,9H,4,6,8H2,1-3H3;4,6,8H,5,7H2,1-3H3;5-6,8H,4,7H2,1-3H3;3,5-6,8H,4,7H2,1-2H3;5-7H,3-4H2,1-2H3,(H,9,10);5-7H,3-4H2,1-2H3. The van der Waals surface area contributed by atoms with E-state index in [4.69, 9.17) is 0 Å². The monoisotopic (exact) mass is 1240 g/mol. The van der Waals surface area contributed by atoms with E-state index in [0.29, 0.717) is 23.8 Å². The molecule has 0 saturated heterocycles. The highest BCUT2D eigenvalue weighted by molar-refractivity contribution is 5.74. The molecule has 0 radical (unpaired) electrons. The minimum absolute atomic E-state index is 0.529. The number of imidazole rings is 5. The molecule has 17 heteroatoms. The van der Waals surface area contributed by atoms with E-state index in [-0.39, 0.29) is 0 Å². The Morgan fingerprint density at radius 2 is 1.00 bits per heavy atom. The van der Waals surface area contributed by atoms with Crippen molar-refractivity contribution in [2.45, 2.75) is 255 Å². The van der Waals surface area contributed by atoms with Crippen LogP contribution in [0, 0.1) is 54.3 Å². The van der Waals surface area contributed by atoms with E-state index in [0.717, 1.165) is 100 Å². The van der Waals surface area contributed by atoms with Crippen LogP contribution in [-0.4, -0.2) is 82.5 Å². The molecule has 17 nitrogen and oxygen atoms in total. The molecule has 0 atom stereocenters. The number of hydrogen-bond donors (Lipinski definition) is 1. The van der Waals surface area contributed by atoms with Crippen LogP contribution >= 0.6 is 0 Å². The van der Waals surface area contributed by atoms with Gasteiger partial charge in [0.2, 0.25) is 0 Å². The van der Waals surface area contributed by atoms with Gasteiger partial charge in [0.1, 0.15) is 30.1 Å². The number of H-pyrrole nitrogens is 1. The summed E-state index contributed by atoms with van der Waals surface area (Å²) in [5.41, 5.74) is 4.84. The Morgan fingerprint density at radius 1 is 0.444 bits per heavy atom. The molecular formula is C73H125N17. The smallest absolute Gasteiger partial charge is 0.137 e. The summed E-state index contributed by atoms with van der Waals surface area (Å²) in [6.07, 6.45) is 38.0. The summed E-state index contributed by atoms with van der Waals surface area (Å²) < 4.78 is 14.8. The zero-order valence-electron chi connectivity index (χ0n) is 60.2. The van der Waals surface area contributed by atoms with Crippen molar-refractivity contribution < 1.29 is 0 Å². The molecule has 1 N–H and O–H groups in total. The first-order valence-corrected chi connectivity index (χ1v) is 34.1. The van der Waals surface area contributed by atoms with E-state index in [1.165, 1.54) is 72.9 Å². The topological polar surface area (TPSA) is 166 Å². The molecule has 0 unspecified atom stereocenters. The molecule has 502 valence electrons. The van der Waals surface area contributed by atoms with Crippen LogP contribution in [0.4, 0.5) is 0 Å². The zero-order chi connectivity index (χ0) is 66.8. The molecule has 0 aliphatic rings. The molecule has 0 aliphatic heterocycles. The lowest BCUT2D eigenvalue weighted by Crippen LogP contribution is -2.07. The van der Waals surface area contributed by atoms with Crippen LogP contribution in [0.5, 0.6) is 0 Å². The van der Waals surface area contributed by atoms with Gasteiger partial charge in [0.25, 0.3) is 0 Å². The fourth-order valence-electron chi connectivity index (χ4n) is 8.89. The Balaban J connectivity index is 0.000000351. The second kappa shape index (κ2) is 46.2. The Bertz CT molecular complexity index is 2910. The number of nitrogens with zero attached hydrogens (tertiary/aromatic N) is 16. The van der Waals surface area contributed by atoms with Crippen molar-refractivity contribution in [2.24, 2.45) is 47.3 Å². The van der Waals surface area contributed by atoms with Crippen LogP contribution in [0.2, 0.25) is 0 Å². The summed E-state index contributed by atoms with van der Waals surface area (Å²) in [7, 11) is 0. The molecule has 8 aromatic heterocycles. The van der Waals surface area contributed by atoms with Crippen molar-refractivity contribution in [3.63, 3.8) is 0 Å². The third-order valence-electron chi connectivity index (χ3n) is 14.3. The summed E-state index contributed by atoms with van der Waals surface area (Å²) >= 11 is 0. The number of aryl methyl sites for hydroxylation is 8. The fraction of sp³-hybridized carbons (Fsp3) is 0.630. The van der Waals surface area contributed by atoms with Crippen molar-refractivity contribution in [2.75, 3.05) is 0 Å². The summed E-state index contributed by atoms with van der Waals surface area (Å²) in [6.45, 7) is 52.7. The number of fused-ring (bicyclic) bond motifs is 1. The molecule has 0 fully saturated rings. The fourth-order valence-corrected chi connectivity index (χ4v) is 8.89. The first-order valence-electron chi connectivity index (χ1n) is 34.1. The molecule has 9 rings (SSSR count). The van der Waals surface area contributed by atoms with E-state index >= 15 is 0 Å². The van der Waals surface area contributed by atoms with Gasteiger partial charge < -0.3 is 23.3 Å². The van der Waals surface area contributed by atoms with Gasteiger partial charge in [0, 0.05) is 138 Å². The van der Waals surface area contributed by atoms with Crippen LogP contribution < -0.4 is 0 Å². The number of aromatic nitrogens is 17. The Labute approximate surface area is 545 Å². The molecule has 0 amide bonds. The maximum atomic E-state index is 4.36.